The molecule has 0 saturated heterocycles. The first-order chi connectivity index (χ1) is 6.76. The zero-order valence-electron chi connectivity index (χ0n) is 8.12. The Balaban J connectivity index is 2.72. The van der Waals surface area contributed by atoms with Gasteiger partial charge in [-0.3, -0.25) is 0 Å². The van der Waals surface area contributed by atoms with Crippen LogP contribution >= 0.6 is 15.9 Å². The predicted octanol–water partition coefficient (Wildman–Crippen LogP) is 2.83. The van der Waals surface area contributed by atoms with Crippen molar-refractivity contribution in [3.63, 3.8) is 0 Å². The maximum Gasteiger partial charge on any atom is 0.122 e. The molecule has 0 fully saturated rings. The number of fused-ring (bicyclic) bond motifs is 1. The molecule has 0 saturated carbocycles. The number of methoxy groups -OCH3 is 1. The third-order valence-electron chi connectivity index (χ3n) is 2.22. The number of halogens is 1. The minimum atomic E-state index is 0.825. The van der Waals surface area contributed by atoms with Crippen LogP contribution in [0.25, 0.3) is 11.0 Å². The molecule has 0 bridgehead atoms. The first kappa shape index (κ1) is 9.52. The van der Waals surface area contributed by atoms with Crippen molar-refractivity contribution in [2.24, 2.45) is 0 Å². The molecule has 14 heavy (non-hydrogen) atoms. The molecular weight excluding hydrogens is 244 g/mol. The largest absolute Gasteiger partial charge is 0.497 e. The highest BCUT2D eigenvalue weighted by Crippen LogP contribution is 2.28. The molecule has 0 unspecified atom stereocenters. The van der Waals surface area contributed by atoms with E-state index >= 15 is 0 Å². The molecule has 0 amide bonds. The summed E-state index contributed by atoms with van der Waals surface area (Å²) in [5.41, 5.74) is 2.08. The number of imidazole rings is 1. The average molecular weight is 255 g/mol. The number of benzene rings is 1. The first-order valence-corrected chi connectivity index (χ1v) is 5.24. The first-order valence-electron chi connectivity index (χ1n) is 4.44. The van der Waals surface area contributed by atoms with E-state index in [1.54, 1.807) is 7.11 Å². The van der Waals surface area contributed by atoms with Gasteiger partial charge in [-0.15, -0.1) is 0 Å². The molecule has 4 heteroatoms. The minimum absolute atomic E-state index is 0.825. The Hall–Kier alpha value is -1.03. The summed E-state index contributed by atoms with van der Waals surface area (Å²) in [7, 11) is 1.66. The van der Waals surface area contributed by atoms with E-state index in [9.17, 15) is 0 Å². The summed E-state index contributed by atoms with van der Waals surface area (Å²) < 4.78 is 8.28. The number of aryl methyl sites for hydroxylation is 1. The van der Waals surface area contributed by atoms with Crippen LogP contribution in [-0.2, 0) is 6.54 Å². The molecule has 0 aliphatic rings. The Morgan fingerprint density at radius 2 is 2.29 bits per heavy atom. The van der Waals surface area contributed by atoms with E-state index in [4.69, 9.17) is 4.74 Å². The summed E-state index contributed by atoms with van der Waals surface area (Å²) in [6.45, 7) is 3.01. The highest BCUT2D eigenvalue weighted by molar-refractivity contribution is 9.10. The predicted molar refractivity (Wildman–Crippen MR) is 59.7 cm³/mol. The molecular formula is C10H11BrN2O. The molecule has 0 aliphatic heterocycles. The van der Waals surface area contributed by atoms with E-state index in [-0.39, 0.29) is 0 Å². The molecule has 0 atom stereocenters. The fourth-order valence-corrected chi connectivity index (χ4v) is 2.15. The SMILES string of the molecule is CCn1cnc2cc(OC)cc(Br)c21. The van der Waals surface area contributed by atoms with Crippen molar-refractivity contribution in [2.75, 3.05) is 7.11 Å². The van der Waals surface area contributed by atoms with Gasteiger partial charge < -0.3 is 9.30 Å². The van der Waals surface area contributed by atoms with E-state index in [1.165, 1.54) is 0 Å². The van der Waals surface area contributed by atoms with Crippen molar-refractivity contribution in [3.05, 3.63) is 22.9 Å². The lowest BCUT2D eigenvalue weighted by molar-refractivity contribution is 0.415. The topological polar surface area (TPSA) is 27.1 Å². The van der Waals surface area contributed by atoms with Gasteiger partial charge >= 0.3 is 0 Å². The number of ether oxygens (including phenoxy) is 1. The average Bonchev–Trinajstić information content (AvgIpc) is 2.61. The molecule has 1 aromatic heterocycles. The fourth-order valence-electron chi connectivity index (χ4n) is 1.49. The Labute approximate surface area is 90.8 Å². The lowest BCUT2D eigenvalue weighted by Gasteiger charge is -2.04. The zero-order chi connectivity index (χ0) is 10.1. The van der Waals surface area contributed by atoms with Crippen LogP contribution in [0.15, 0.2) is 22.9 Å². The molecule has 0 N–H and O–H groups in total. The van der Waals surface area contributed by atoms with E-state index in [0.717, 1.165) is 27.8 Å². The van der Waals surface area contributed by atoms with Gasteiger partial charge in [0, 0.05) is 17.1 Å². The summed E-state index contributed by atoms with van der Waals surface area (Å²) >= 11 is 3.52. The van der Waals surface area contributed by atoms with Gasteiger partial charge in [0.05, 0.1) is 24.5 Å². The van der Waals surface area contributed by atoms with Gasteiger partial charge in [-0.05, 0) is 28.9 Å². The van der Waals surface area contributed by atoms with Crippen LogP contribution in [0.4, 0.5) is 0 Å². The number of hydrogen-bond acceptors (Lipinski definition) is 2. The van der Waals surface area contributed by atoms with Crippen molar-refractivity contribution in [1.29, 1.82) is 0 Å². The second-order valence-corrected chi connectivity index (χ2v) is 3.86. The standard InChI is InChI=1S/C10H11BrN2O/c1-3-13-6-12-9-5-7(14-2)4-8(11)10(9)13/h4-6H,3H2,1-2H3. The molecule has 0 aliphatic carbocycles. The van der Waals surface area contributed by atoms with Crippen LogP contribution in [0.5, 0.6) is 5.75 Å². The Bertz CT molecular complexity index is 464. The van der Waals surface area contributed by atoms with Crippen LogP contribution in [0.2, 0.25) is 0 Å². The zero-order valence-corrected chi connectivity index (χ0v) is 9.71. The van der Waals surface area contributed by atoms with Crippen molar-refractivity contribution in [2.45, 2.75) is 13.5 Å². The highest BCUT2D eigenvalue weighted by atomic mass is 79.9. The summed E-state index contributed by atoms with van der Waals surface area (Å²) in [5.74, 6) is 0.825. The van der Waals surface area contributed by atoms with Gasteiger partial charge in [0.15, 0.2) is 0 Å². The molecule has 2 aromatic rings. The van der Waals surface area contributed by atoms with Gasteiger partial charge in [-0.25, -0.2) is 4.98 Å². The normalized spacial score (nSPS) is 10.8. The Morgan fingerprint density at radius 3 is 2.93 bits per heavy atom. The quantitative estimate of drug-likeness (QED) is 0.825. The van der Waals surface area contributed by atoms with Gasteiger partial charge in [-0.1, -0.05) is 0 Å². The highest BCUT2D eigenvalue weighted by Gasteiger charge is 2.07. The number of hydrogen-bond donors (Lipinski definition) is 0. The molecule has 74 valence electrons. The van der Waals surface area contributed by atoms with Crippen molar-refractivity contribution >= 4 is 27.0 Å². The molecule has 0 spiro atoms. The lowest BCUT2D eigenvalue weighted by Crippen LogP contribution is -1.92. The summed E-state index contributed by atoms with van der Waals surface area (Å²) in [6, 6.07) is 3.89. The van der Waals surface area contributed by atoms with Crippen LogP contribution in [0.1, 0.15) is 6.92 Å². The maximum absolute atomic E-state index is 5.17. The third-order valence-corrected chi connectivity index (χ3v) is 2.82. The molecule has 1 aromatic carbocycles. The van der Waals surface area contributed by atoms with E-state index in [1.807, 2.05) is 18.5 Å². The smallest absolute Gasteiger partial charge is 0.122 e. The maximum atomic E-state index is 5.17. The second-order valence-electron chi connectivity index (χ2n) is 3.01. The van der Waals surface area contributed by atoms with E-state index < -0.39 is 0 Å². The lowest BCUT2D eigenvalue weighted by atomic mass is 10.3. The summed E-state index contributed by atoms with van der Waals surface area (Å²) in [5, 5.41) is 0. The van der Waals surface area contributed by atoms with Crippen molar-refractivity contribution in [3.8, 4) is 5.75 Å². The second kappa shape index (κ2) is 3.61. The number of aromatic nitrogens is 2. The van der Waals surface area contributed by atoms with Gasteiger partial charge in [0.1, 0.15) is 5.75 Å². The van der Waals surface area contributed by atoms with Crippen molar-refractivity contribution < 1.29 is 4.74 Å². The summed E-state index contributed by atoms with van der Waals surface area (Å²) in [6.07, 6.45) is 1.84. The van der Waals surface area contributed by atoms with Gasteiger partial charge in [0.25, 0.3) is 0 Å². The summed E-state index contributed by atoms with van der Waals surface area (Å²) in [4.78, 5) is 4.31. The van der Waals surface area contributed by atoms with Crippen LogP contribution < -0.4 is 4.74 Å². The molecule has 3 nitrogen and oxygen atoms in total. The molecule has 0 radical (unpaired) electrons. The van der Waals surface area contributed by atoms with Gasteiger partial charge in [0.2, 0.25) is 0 Å². The fraction of sp³-hybridized carbons (Fsp3) is 0.300. The van der Waals surface area contributed by atoms with Crippen LogP contribution in [-0.4, -0.2) is 16.7 Å². The number of nitrogens with zero attached hydrogens (tertiary/aromatic N) is 2. The molecule has 2 rings (SSSR count). The Kier molecular flexibility index (Phi) is 2.46. The van der Waals surface area contributed by atoms with E-state index in [0.29, 0.717) is 0 Å². The van der Waals surface area contributed by atoms with Crippen molar-refractivity contribution in [1.82, 2.24) is 9.55 Å². The third kappa shape index (κ3) is 1.39. The minimum Gasteiger partial charge on any atom is -0.497 e. The number of rotatable bonds is 2. The van der Waals surface area contributed by atoms with E-state index in [2.05, 4.69) is 32.4 Å². The van der Waals surface area contributed by atoms with Crippen LogP contribution in [0.3, 0.4) is 0 Å². The Morgan fingerprint density at radius 1 is 1.50 bits per heavy atom. The van der Waals surface area contributed by atoms with Crippen LogP contribution in [0, 0.1) is 0 Å². The monoisotopic (exact) mass is 254 g/mol. The van der Waals surface area contributed by atoms with Gasteiger partial charge in [-0.2, -0.15) is 0 Å². The molecule has 1 heterocycles.